The molecule has 0 saturated heterocycles. The SMILES string of the molecule is Cc1ccc(NCCNC2CC2)c(C#N)c1. The Bertz CT molecular complexity index is 402. The van der Waals surface area contributed by atoms with Crippen LogP contribution in [0.4, 0.5) is 5.69 Å². The highest BCUT2D eigenvalue weighted by Crippen LogP contribution is 2.18. The second-order valence-electron chi connectivity index (χ2n) is 4.32. The quantitative estimate of drug-likeness (QED) is 0.739. The number of rotatable bonds is 5. The molecule has 0 aliphatic heterocycles. The summed E-state index contributed by atoms with van der Waals surface area (Å²) in [7, 11) is 0. The summed E-state index contributed by atoms with van der Waals surface area (Å²) < 4.78 is 0. The standard InChI is InChI=1S/C13H17N3/c1-10-2-5-13(11(8-10)9-14)16-7-6-15-12-3-4-12/h2,5,8,12,15-16H,3-4,6-7H2,1H3. The van der Waals surface area contributed by atoms with Crippen LogP contribution in [-0.4, -0.2) is 19.1 Å². The molecule has 0 radical (unpaired) electrons. The molecule has 1 aliphatic rings. The van der Waals surface area contributed by atoms with Crippen molar-refractivity contribution in [2.75, 3.05) is 18.4 Å². The molecule has 1 saturated carbocycles. The molecule has 3 nitrogen and oxygen atoms in total. The Balaban J connectivity index is 1.85. The smallest absolute Gasteiger partial charge is 0.101 e. The van der Waals surface area contributed by atoms with Gasteiger partial charge in [0.2, 0.25) is 0 Å². The lowest BCUT2D eigenvalue weighted by Gasteiger charge is -2.09. The second-order valence-corrected chi connectivity index (χ2v) is 4.32. The highest BCUT2D eigenvalue weighted by atomic mass is 15.0. The fourth-order valence-corrected chi connectivity index (χ4v) is 1.67. The van der Waals surface area contributed by atoms with Crippen LogP contribution < -0.4 is 10.6 Å². The van der Waals surface area contributed by atoms with Gasteiger partial charge in [-0.1, -0.05) is 6.07 Å². The third-order valence-electron chi connectivity index (χ3n) is 2.75. The predicted molar refractivity (Wildman–Crippen MR) is 65.4 cm³/mol. The minimum absolute atomic E-state index is 0.728. The molecule has 2 rings (SSSR count). The van der Waals surface area contributed by atoms with E-state index in [-0.39, 0.29) is 0 Å². The van der Waals surface area contributed by atoms with Crippen LogP contribution in [0.25, 0.3) is 0 Å². The van der Waals surface area contributed by atoms with Crippen molar-refractivity contribution in [2.45, 2.75) is 25.8 Å². The summed E-state index contributed by atoms with van der Waals surface area (Å²) in [6, 6.07) is 8.88. The molecule has 0 spiro atoms. The van der Waals surface area contributed by atoms with Crippen molar-refractivity contribution in [3.05, 3.63) is 29.3 Å². The molecule has 1 fully saturated rings. The third kappa shape index (κ3) is 2.98. The lowest BCUT2D eigenvalue weighted by molar-refractivity contribution is 0.701. The van der Waals surface area contributed by atoms with E-state index in [1.807, 2.05) is 25.1 Å². The van der Waals surface area contributed by atoms with Gasteiger partial charge in [-0.3, -0.25) is 0 Å². The van der Waals surface area contributed by atoms with Crippen LogP contribution in [0.1, 0.15) is 24.0 Å². The van der Waals surface area contributed by atoms with Crippen LogP contribution in [0.5, 0.6) is 0 Å². The number of hydrogen-bond donors (Lipinski definition) is 2. The Morgan fingerprint density at radius 1 is 1.38 bits per heavy atom. The van der Waals surface area contributed by atoms with Gasteiger partial charge in [-0.15, -0.1) is 0 Å². The van der Waals surface area contributed by atoms with Gasteiger partial charge in [0.25, 0.3) is 0 Å². The lowest BCUT2D eigenvalue weighted by atomic mass is 10.1. The molecule has 0 heterocycles. The number of hydrogen-bond acceptors (Lipinski definition) is 3. The fraction of sp³-hybridized carbons (Fsp3) is 0.462. The number of aryl methyl sites for hydroxylation is 1. The summed E-state index contributed by atoms with van der Waals surface area (Å²) in [4.78, 5) is 0. The number of nitriles is 1. The Morgan fingerprint density at radius 2 is 2.19 bits per heavy atom. The molecule has 0 amide bonds. The predicted octanol–water partition coefficient (Wildman–Crippen LogP) is 2.03. The minimum atomic E-state index is 0.728. The monoisotopic (exact) mass is 215 g/mol. The highest BCUT2D eigenvalue weighted by Gasteiger charge is 2.19. The van der Waals surface area contributed by atoms with Gasteiger partial charge >= 0.3 is 0 Å². The van der Waals surface area contributed by atoms with Gasteiger partial charge < -0.3 is 10.6 Å². The average Bonchev–Trinajstić information content (AvgIpc) is 3.09. The first-order valence-electron chi connectivity index (χ1n) is 5.77. The van der Waals surface area contributed by atoms with Crippen LogP contribution in [0.2, 0.25) is 0 Å². The zero-order chi connectivity index (χ0) is 11.4. The summed E-state index contributed by atoms with van der Waals surface area (Å²) in [5, 5.41) is 15.7. The van der Waals surface area contributed by atoms with Crippen LogP contribution in [-0.2, 0) is 0 Å². The van der Waals surface area contributed by atoms with E-state index in [0.29, 0.717) is 0 Å². The molecule has 84 valence electrons. The molecule has 16 heavy (non-hydrogen) atoms. The molecule has 3 heteroatoms. The van der Waals surface area contributed by atoms with Crippen LogP contribution in [0.15, 0.2) is 18.2 Å². The molecule has 1 aromatic carbocycles. The van der Waals surface area contributed by atoms with E-state index in [0.717, 1.165) is 35.9 Å². The molecule has 0 bridgehead atoms. The maximum absolute atomic E-state index is 8.99. The van der Waals surface area contributed by atoms with Gasteiger partial charge in [-0.2, -0.15) is 5.26 Å². The van der Waals surface area contributed by atoms with Crippen LogP contribution in [0.3, 0.4) is 0 Å². The van der Waals surface area contributed by atoms with Crippen molar-refractivity contribution >= 4 is 5.69 Å². The second kappa shape index (κ2) is 5.00. The number of benzene rings is 1. The number of anilines is 1. The molecule has 1 aliphatic carbocycles. The first kappa shape index (κ1) is 11.0. The Hall–Kier alpha value is -1.53. The maximum atomic E-state index is 8.99. The third-order valence-corrected chi connectivity index (χ3v) is 2.75. The first-order valence-corrected chi connectivity index (χ1v) is 5.77. The van der Waals surface area contributed by atoms with E-state index < -0.39 is 0 Å². The van der Waals surface area contributed by atoms with Crippen molar-refractivity contribution in [1.82, 2.24) is 5.32 Å². The zero-order valence-electron chi connectivity index (χ0n) is 9.59. The number of nitrogens with one attached hydrogen (secondary N) is 2. The van der Waals surface area contributed by atoms with Gasteiger partial charge in [0.1, 0.15) is 6.07 Å². The average molecular weight is 215 g/mol. The van der Waals surface area contributed by atoms with E-state index in [4.69, 9.17) is 5.26 Å². The van der Waals surface area contributed by atoms with E-state index in [2.05, 4.69) is 16.7 Å². The molecule has 0 unspecified atom stereocenters. The van der Waals surface area contributed by atoms with Gasteiger partial charge in [0.15, 0.2) is 0 Å². The molecule has 2 N–H and O–H groups in total. The van der Waals surface area contributed by atoms with E-state index in [9.17, 15) is 0 Å². The van der Waals surface area contributed by atoms with Gasteiger partial charge in [-0.25, -0.2) is 0 Å². The van der Waals surface area contributed by atoms with Crippen molar-refractivity contribution in [2.24, 2.45) is 0 Å². The van der Waals surface area contributed by atoms with Gasteiger partial charge in [0.05, 0.1) is 11.3 Å². The van der Waals surface area contributed by atoms with Crippen molar-refractivity contribution in [3.63, 3.8) is 0 Å². The summed E-state index contributed by atoms with van der Waals surface area (Å²) in [5.74, 6) is 0. The Kier molecular flexibility index (Phi) is 3.43. The topological polar surface area (TPSA) is 47.8 Å². The maximum Gasteiger partial charge on any atom is 0.101 e. The van der Waals surface area contributed by atoms with E-state index >= 15 is 0 Å². The van der Waals surface area contributed by atoms with Gasteiger partial charge in [-0.05, 0) is 37.5 Å². The van der Waals surface area contributed by atoms with Crippen molar-refractivity contribution in [1.29, 1.82) is 5.26 Å². The van der Waals surface area contributed by atoms with E-state index in [1.54, 1.807) is 0 Å². The normalized spacial score (nSPS) is 14.5. The van der Waals surface area contributed by atoms with E-state index in [1.165, 1.54) is 12.8 Å². The van der Waals surface area contributed by atoms with Crippen molar-refractivity contribution in [3.8, 4) is 6.07 Å². The minimum Gasteiger partial charge on any atom is -0.383 e. The molecule has 0 atom stereocenters. The Morgan fingerprint density at radius 3 is 2.88 bits per heavy atom. The van der Waals surface area contributed by atoms with Crippen LogP contribution in [0, 0.1) is 18.3 Å². The lowest BCUT2D eigenvalue weighted by Crippen LogP contribution is -2.24. The van der Waals surface area contributed by atoms with Crippen LogP contribution >= 0.6 is 0 Å². The first-order chi connectivity index (χ1) is 7.79. The van der Waals surface area contributed by atoms with Gasteiger partial charge in [0, 0.05) is 19.1 Å². The summed E-state index contributed by atoms with van der Waals surface area (Å²) in [6.45, 7) is 3.83. The summed E-state index contributed by atoms with van der Waals surface area (Å²) >= 11 is 0. The Labute approximate surface area is 96.5 Å². The highest BCUT2D eigenvalue weighted by molar-refractivity contribution is 5.58. The molecular formula is C13H17N3. The molecule has 1 aromatic rings. The molecule has 0 aromatic heterocycles. The van der Waals surface area contributed by atoms with Crippen molar-refractivity contribution < 1.29 is 0 Å². The summed E-state index contributed by atoms with van der Waals surface area (Å²) in [6.07, 6.45) is 2.63. The fourth-order valence-electron chi connectivity index (χ4n) is 1.67. The number of nitrogens with zero attached hydrogens (tertiary/aromatic N) is 1. The summed E-state index contributed by atoms with van der Waals surface area (Å²) in [5.41, 5.74) is 2.79. The largest absolute Gasteiger partial charge is 0.383 e. The zero-order valence-corrected chi connectivity index (χ0v) is 9.59. The molecular weight excluding hydrogens is 198 g/mol.